The number of aromatic amines is 1. The van der Waals surface area contributed by atoms with Crippen LogP contribution < -0.4 is 19.8 Å². The van der Waals surface area contributed by atoms with E-state index in [1.54, 1.807) is 19.1 Å². The molecule has 1 amide bonds. The summed E-state index contributed by atoms with van der Waals surface area (Å²) in [4.78, 5) is 28.3. The maximum atomic E-state index is 12.8. The fourth-order valence-corrected chi connectivity index (χ4v) is 4.30. The molecule has 3 rings (SSSR count). The fraction of sp³-hybridized carbons (Fsp3) is 0.478. The Labute approximate surface area is 202 Å². The molecule has 10 nitrogen and oxygen atoms in total. The van der Waals surface area contributed by atoms with Crippen molar-refractivity contribution in [3.8, 4) is 23.1 Å². The van der Waals surface area contributed by atoms with Gasteiger partial charge < -0.3 is 19.3 Å². The third kappa shape index (κ3) is 4.52. The average molecular weight is 491 g/mol. The van der Waals surface area contributed by atoms with Gasteiger partial charge in [-0.15, -0.1) is 0 Å². The summed E-state index contributed by atoms with van der Waals surface area (Å²) in [6.45, 7) is 4.19. The van der Waals surface area contributed by atoms with Crippen LogP contribution in [0, 0.1) is 4.77 Å². The lowest BCUT2D eigenvalue weighted by Crippen LogP contribution is -2.26. The average Bonchev–Trinajstić information content (AvgIpc) is 3.26. The van der Waals surface area contributed by atoms with Gasteiger partial charge in [-0.3, -0.25) is 19.1 Å². The van der Waals surface area contributed by atoms with Crippen LogP contribution in [-0.4, -0.2) is 52.6 Å². The van der Waals surface area contributed by atoms with E-state index < -0.39 is 11.6 Å². The minimum Gasteiger partial charge on any atom is -0.494 e. The summed E-state index contributed by atoms with van der Waals surface area (Å²) < 4.78 is 18.1. The number of carbonyl (C=O) groups is 1. The van der Waals surface area contributed by atoms with Crippen molar-refractivity contribution in [2.24, 2.45) is 5.10 Å². The molecular formula is C23H30N4O6S. The van der Waals surface area contributed by atoms with Crippen molar-refractivity contribution in [1.29, 1.82) is 0 Å². The number of aromatic hydroxyl groups is 1. The van der Waals surface area contributed by atoms with Crippen LogP contribution in [-0.2, 0) is 11.3 Å². The molecule has 2 aromatic rings. The summed E-state index contributed by atoms with van der Waals surface area (Å²) in [7, 11) is 4.52. The highest BCUT2D eigenvalue weighted by Crippen LogP contribution is 2.46. The molecule has 0 bridgehead atoms. The number of hydrogen-bond donors (Lipinski definition) is 2. The molecule has 1 aromatic carbocycles. The molecule has 1 aliphatic heterocycles. The van der Waals surface area contributed by atoms with Crippen LogP contribution in [0.15, 0.2) is 22.0 Å². The van der Waals surface area contributed by atoms with E-state index in [0.717, 1.165) is 12.8 Å². The van der Waals surface area contributed by atoms with E-state index >= 15 is 0 Å². The predicted octanol–water partition coefficient (Wildman–Crippen LogP) is 3.53. The maximum absolute atomic E-state index is 12.8. The number of nitrogens with one attached hydrogen (secondary N) is 1. The van der Waals surface area contributed by atoms with Crippen LogP contribution in [0.3, 0.4) is 0 Å². The van der Waals surface area contributed by atoms with Crippen molar-refractivity contribution < 1.29 is 24.1 Å². The van der Waals surface area contributed by atoms with Gasteiger partial charge in [-0.05, 0) is 30.8 Å². The van der Waals surface area contributed by atoms with Gasteiger partial charge in [0.25, 0.3) is 5.56 Å². The molecular weight excluding hydrogens is 460 g/mol. The highest BCUT2D eigenvalue weighted by Gasteiger charge is 2.37. The molecule has 1 aromatic heterocycles. The molecule has 0 fully saturated rings. The number of hydrazone groups is 1. The number of rotatable bonds is 9. The monoisotopic (exact) mass is 490 g/mol. The second kappa shape index (κ2) is 10.7. The van der Waals surface area contributed by atoms with Gasteiger partial charge in [0.2, 0.25) is 17.5 Å². The summed E-state index contributed by atoms with van der Waals surface area (Å²) in [5.74, 6) is 0.752. The number of carbonyl (C=O) groups excluding carboxylic acids is 1. The Morgan fingerprint density at radius 1 is 1.21 bits per heavy atom. The van der Waals surface area contributed by atoms with E-state index in [9.17, 15) is 14.7 Å². The smallest absolute Gasteiger partial charge is 0.264 e. The quantitative estimate of drug-likeness (QED) is 0.516. The molecule has 0 saturated carbocycles. The van der Waals surface area contributed by atoms with Crippen LogP contribution in [0.2, 0.25) is 0 Å². The number of hydrogen-bond acceptors (Lipinski definition) is 8. The predicted molar refractivity (Wildman–Crippen MR) is 130 cm³/mol. The molecule has 1 aliphatic rings. The normalized spacial score (nSPS) is 15.3. The number of amides is 1. The minimum atomic E-state index is -0.580. The van der Waals surface area contributed by atoms with E-state index in [4.69, 9.17) is 26.4 Å². The molecule has 0 saturated heterocycles. The Balaban J connectivity index is 2.15. The van der Waals surface area contributed by atoms with Gasteiger partial charge >= 0.3 is 0 Å². The van der Waals surface area contributed by atoms with Crippen LogP contribution in [0.25, 0.3) is 0 Å². The topological polar surface area (TPSA) is 118 Å². The number of aromatic nitrogens is 2. The molecule has 34 heavy (non-hydrogen) atoms. The van der Waals surface area contributed by atoms with Crippen molar-refractivity contribution in [2.45, 2.75) is 52.1 Å². The molecule has 0 radical (unpaired) electrons. The molecule has 11 heteroatoms. The van der Waals surface area contributed by atoms with E-state index in [1.165, 1.54) is 30.9 Å². The van der Waals surface area contributed by atoms with Crippen molar-refractivity contribution >= 4 is 23.8 Å². The number of nitrogens with zero attached hydrogens (tertiary/aromatic N) is 3. The Hall–Kier alpha value is -3.34. The zero-order valence-corrected chi connectivity index (χ0v) is 20.8. The zero-order chi connectivity index (χ0) is 25.0. The summed E-state index contributed by atoms with van der Waals surface area (Å²) in [5, 5.41) is 16.8. The van der Waals surface area contributed by atoms with E-state index in [0.29, 0.717) is 29.4 Å². The lowest BCUT2D eigenvalue weighted by molar-refractivity contribution is -0.132. The molecule has 2 heterocycles. The molecule has 184 valence electrons. The number of methoxy groups -OCH3 is 3. The Morgan fingerprint density at radius 2 is 1.91 bits per heavy atom. The molecule has 1 atom stereocenters. The fourth-order valence-electron chi connectivity index (χ4n) is 4.03. The Morgan fingerprint density at radius 3 is 2.50 bits per heavy atom. The van der Waals surface area contributed by atoms with Crippen molar-refractivity contribution in [3.05, 3.63) is 38.4 Å². The highest BCUT2D eigenvalue weighted by molar-refractivity contribution is 7.71. The van der Waals surface area contributed by atoms with Gasteiger partial charge in [0.05, 0.1) is 33.1 Å². The van der Waals surface area contributed by atoms with Crippen molar-refractivity contribution in [3.63, 3.8) is 0 Å². The van der Waals surface area contributed by atoms with Gasteiger partial charge in [0.1, 0.15) is 5.56 Å². The highest BCUT2D eigenvalue weighted by atomic mass is 32.1. The third-order valence-corrected chi connectivity index (χ3v) is 6.08. The number of benzene rings is 1. The van der Waals surface area contributed by atoms with E-state index in [1.807, 2.05) is 6.92 Å². The first-order chi connectivity index (χ1) is 16.3. The summed E-state index contributed by atoms with van der Waals surface area (Å²) >= 11 is 5.24. The second-order valence-corrected chi connectivity index (χ2v) is 8.13. The summed E-state index contributed by atoms with van der Waals surface area (Å²) in [6, 6.07) is 2.92. The standard InChI is InChI=1S/C23H30N4O6S/c1-6-8-11-26-22(30)18(21(29)24-23(26)34)14-12-15(27(25-14)17(28)7-2)13-9-10-16(31-3)20(33-5)19(13)32-4/h9-10,15,30H,6-8,11-12H2,1-5H3,(H,24,29,34). The first kappa shape index (κ1) is 25.3. The molecule has 0 aliphatic carbocycles. The first-order valence-corrected chi connectivity index (χ1v) is 11.5. The van der Waals surface area contributed by atoms with Crippen LogP contribution in [0.1, 0.15) is 56.7 Å². The number of H-pyrrole nitrogens is 1. The van der Waals surface area contributed by atoms with Gasteiger partial charge in [0, 0.05) is 24.9 Å². The van der Waals surface area contributed by atoms with Crippen LogP contribution in [0.4, 0.5) is 0 Å². The van der Waals surface area contributed by atoms with E-state index in [-0.39, 0.29) is 40.7 Å². The SMILES string of the molecule is CCCCn1c(O)c(C2=NN(C(=O)CC)C(c3ccc(OC)c(OC)c3OC)C2)c(=O)[nH]c1=S. The van der Waals surface area contributed by atoms with Gasteiger partial charge in [-0.2, -0.15) is 5.10 Å². The number of ether oxygens (including phenoxy) is 3. The Kier molecular flexibility index (Phi) is 7.98. The zero-order valence-electron chi connectivity index (χ0n) is 20.0. The molecule has 2 N–H and O–H groups in total. The molecule has 0 spiro atoms. The second-order valence-electron chi connectivity index (χ2n) is 7.75. The summed E-state index contributed by atoms with van der Waals surface area (Å²) in [5.41, 5.74) is 0.358. The van der Waals surface area contributed by atoms with Gasteiger partial charge in [-0.25, -0.2) is 5.01 Å². The lowest BCUT2D eigenvalue weighted by atomic mass is 9.97. The van der Waals surface area contributed by atoms with Crippen LogP contribution >= 0.6 is 12.2 Å². The summed E-state index contributed by atoms with van der Waals surface area (Å²) in [6.07, 6.45) is 2.04. The number of unbranched alkanes of at least 4 members (excludes halogenated alkanes) is 1. The first-order valence-electron chi connectivity index (χ1n) is 11.1. The van der Waals surface area contributed by atoms with Crippen molar-refractivity contribution in [2.75, 3.05) is 21.3 Å². The Bertz CT molecular complexity index is 1220. The van der Waals surface area contributed by atoms with Gasteiger partial charge in [0.15, 0.2) is 16.3 Å². The van der Waals surface area contributed by atoms with Crippen LogP contribution in [0.5, 0.6) is 23.1 Å². The molecule has 1 unspecified atom stereocenters. The minimum absolute atomic E-state index is 0.000509. The largest absolute Gasteiger partial charge is 0.494 e. The van der Waals surface area contributed by atoms with Gasteiger partial charge in [-0.1, -0.05) is 20.3 Å². The lowest BCUT2D eigenvalue weighted by Gasteiger charge is -2.24. The van der Waals surface area contributed by atoms with Crippen molar-refractivity contribution in [1.82, 2.24) is 14.6 Å². The maximum Gasteiger partial charge on any atom is 0.264 e. The third-order valence-electron chi connectivity index (χ3n) is 5.76. The van der Waals surface area contributed by atoms with E-state index in [2.05, 4.69) is 10.1 Å².